The van der Waals surface area contributed by atoms with Crippen molar-refractivity contribution in [3.05, 3.63) is 30.1 Å². The van der Waals surface area contributed by atoms with Gasteiger partial charge in [0.2, 0.25) is 15.9 Å². The predicted octanol–water partition coefficient (Wildman–Crippen LogP) is 1.30. The lowest BCUT2D eigenvalue weighted by Gasteiger charge is -2.15. The first-order valence-electron chi connectivity index (χ1n) is 7.65. The van der Waals surface area contributed by atoms with Gasteiger partial charge in [0.15, 0.2) is 5.82 Å². The molecule has 136 valence electrons. The zero-order valence-corrected chi connectivity index (χ0v) is 15.3. The number of carbonyl (C=O) groups is 1. The van der Waals surface area contributed by atoms with Gasteiger partial charge in [-0.1, -0.05) is 5.10 Å². The lowest BCUT2D eigenvalue weighted by atomic mass is 10.3. The van der Waals surface area contributed by atoms with Gasteiger partial charge in [-0.05, 0) is 38.1 Å². The zero-order chi connectivity index (χ0) is 18.6. The highest BCUT2D eigenvalue weighted by atomic mass is 32.2. The lowest BCUT2D eigenvalue weighted by Crippen LogP contribution is -2.29. The highest BCUT2D eigenvalue weighted by Gasteiger charge is 2.23. The van der Waals surface area contributed by atoms with Gasteiger partial charge in [-0.15, -0.1) is 5.10 Å². The van der Waals surface area contributed by atoms with E-state index in [0.717, 1.165) is 0 Å². The van der Waals surface area contributed by atoms with Crippen molar-refractivity contribution in [3.63, 3.8) is 0 Å². The quantitative estimate of drug-likeness (QED) is 0.762. The molecule has 0 aliphatic carbocycles. The molecule has 1 aromatic carbocycles. The minimum atomic E-state index is -3.76. The molecule has 10 heteroatoms. The number of hydrogen-bond acceptors (Lipinski definition) is 6. The second kappa shape index (κ2) is 7.62. The largest absolute Gasteiger partial charge is 0.467 e. The van der Waals surface area contributed by atoms with E-state index < -0.39 is 16.1 Å². The van der Waals surface area contributed by atoms with Crippen LogP contribution in [0.3, 0.4) is 0 Å². The van der Waals surface area contributed by atoms with Gasteiger partial charge in [-0.25, -0.2) is 13.1 Å². The fourth-order valence-electron chi connectivity index (χ4n) is 2.34. The molecule has 1 heterocycles. The number of nitrogens with one attached hydrogen (secondary N) is 2. The van der Waals surface area contributed by atoms with Crippen molar-refractivity contribution >= 4 is 21.6 Å². The summed E-state index contributed by atoms with van der Waals surface area (Å²) >= 11 is 0. The van der Waals surface area contributed by atoms with Crippen LogP contribution in [0.4, 0.5) is 5.69 Å². The van der Waals surface area contributed by atoms with E-state index in [1.165, 1.54) is 38.3 Å². The first kappa shape index (κ1) is 18.9. The minimum Gasteiger partial charge on any atom is -0.467 e. The van der Waals surface area contributed by atoms with Gasteiger partial charge in [0.1, 0.15) is 0 Å². The molecule has 25 heavy (non-hydrogen) atoms. The summed E-state index contributed by atoms with van der Waals surface area (Å²) in [7, 11) is -2.28. The van der Waals surface area contributed by atoms with Crippen LogP contribution in [-0.2, 0) is 21.4 Å². The lowest BCUT2D eigenvalue weighted by molar-refractivity contribution is -0.114. The summed E-state index contributed by atoms with van der Waals surface area (Å²) in [6.07, 6.45) is 0. The first-order valence-corrected chi connectivity index (χ1v) is 9.14. The van der Waals surface area contributed by atoms with E-state index in [0.29, 0.717) is 24.1 Å². The average Bonchev–Trinajstić information content (AvgIpc) is 2.97. The number of anilines is 1. The third-order valence-corrected chi connectivity index (χ3v) is 5.01. The van der Waals surface area contributed by atoms with Gasteiger partial charge in [0.05, 0.1) is 18.0 Å². The predicted molar refractivity (Wildman–Crippen MR) is 91.7 cm³/mol. The van der Waals surface area contributed by atoms with Gasteiger partial charge in [0, 0.05) is 19.2 Å². The summed E-state index contributed by atoms with van der Waals surface area (Å²) in [4.78, 5) is 11.1. The molecule has 0 bridgehead atoms. The molecule has 0 saturated heterocycles. The molecule has 1 amide bonds. The van der Waals surface area contributed by atoms with Gasteiger partial charge in [-0.3, -0.25) is 9.36 Å². The van der Waals surface area contributed by atoms with Crippen molar-refractivity contribution in [2.24, 2.45) is 0 Å². The van der Waals surface area contributed by atoms with Crippen LogP contribution in [0.15, 0.2) is 29.2 Å². The van der Waals surface area contributed by atoms with Crippen molar-refractivity contribution in [1.29, 1.82) is 0 Å². The molecule has 0 spiro atoms. The molecule has 1 aromatic heterocycles. The Hall–Kier alpha value is -2.46. The molecule has 0 aliphatic heterocycles. The fourth-order valence-corrected chi connectivity index (χ4v) is 3.54. The number of methoxy groups -OCH3 is 1. The first-order chi connectivity index (χ1) is 11.8. The van der Waals surface area contributed by atoms with Gasteiger partial charge >= 0.3 is 6.01 Å². The number of rotatable bonds is 7. The molecule has 0 fully saturated rings. The minimum absolute atomic E-state index is 0.0861. The molecule has 2 aromatic rings. The van der Waals surface area contributed by atoms with Crippen LogP contribution < -0.4 is 14.8 Å². The second-order valence-corrected chi connectivity index (χ2v) is 7.05. The monoisotopic (exact) mass is 367 g/mol. The van der Waals surface area contributed by atoms with E-state index in [-0.39, 0.29) is 10.8 Å². The summed E-state index contributed by atoms with van der Waals surface area (Å²) < 4.78 is 34.4. The van der Waals surface area contributed by atoms with E-state index in [9.17, 15) is 13.2 Å². The zero-order valence-electron chi connectivity index (χ0n) is 14.5. The van der Waals surface area contributed by atoms with Gasteiger partial charge < -0.3 is 10.1 Å². The molecule has 0 unspecified atom stereocenters. The molecule has 0 aliphatic rings. The maximum atomic E-state index is 12.5. The van der Waals surface area contributed by atoms with E-state index >= 15 is 0 Å². The normalized spacial score (nSPS) is 12.6. The number of benzene rings is 1. The standard InChI is InChI=1S/C15H21N5O4S/c1-5-20-14(17-18-15(20)24-4)10(2)19-25(22,23)13-8-6-12(7-9-13)16-11(3)21/h6-10,19H,5H2,1-4H3,(H,16,21)/t10-/m1/s1. The highest BCUT2D eigenvalue weighted by molar-refractivity contribution is 7.89. The van der Waals surface area contributed by atoms with Crippen LogP contribution in [0.2, 0.25) is 0 Å². The maximum absolute atomic E-state index is 12.5. The molecular weight excluding hydrogens is 346 g/mol. The van der Waals surface area contributed by atoms with E-state index in [1.807, 2.05) is 6.92 Å². The number of hydrogen-bond donors (Lipinski definition) is 2. The second-order valence-electron chi connectivity index (χ2n) is 5.34. The summed E-state index contributed by atoms with van der Waals surface area (Å²) in [5, 5.41) is 10.5. The Kier molecular flexibility index (Phi) is 5.75. The Bertz CT molecular complexity index is 845. The van der Waals surface area contributed by atoms with Crippen molar-refractivity contribution in [1.82, 2.24) is 19.5 Å². The molecule has 2 N–H and O–H groups in total. The maximum Gasteiger partial charge on any atom is 0.316 e. The molecule has 0 saturated carbocycles. The number of ether oxygens (including phenoxy) is 1. The molecule has 0 radical (unpaired) electrons. The summed E-state index contributed by atoms with van der Waals surface area (Å²) in [6, 6.07) is 5.62. The van der Waals surface area contributed by atoms with Crippen LogP contribution in [0.1, 0.15) is 32.6 Å². The smallest absolute Gasteiger partial charge is 0.316 e. The summed E-state index contributed by atoms with van der Waals surface area (Å²) in [5.41, 5.74) is 0.523. The van der Waals surface area contributed by atoms with E-state index in [2.05, 4.69) is 20.2 Å². The number of aromatic nitrogens is 3. The third kappa shape index (κ3) is 4.34. The van der Waals surface area contributed by atoms with Crippen LogP contribution in [0.25, 0.3) is 0 Å². The van der Waals surface area contributed by atoms with Gasteiger partial charge in [-0.2, -0.15) is 0 Å². The number of carbonyl (C=O) groups excluding carboxylic acids is 1. The van der Waals surface area contributed by atoms with E-state index in [4.69, 9.17) is 4.74 Å². The number of amides is 1. The van der Waals surface area contributed by atoms with Crippen LogP contribution >= 0.6 is 0 Å². The third-order valence-electron chi connectivity index (χ3n) is 3.45. The Balaban J connectivity index is 2.20. The SMILES string of the molecule is CCn1c(OC)nnc1[C@@H](C)NS(=O)(=O)c1ccc(NC(C)=O)cc1. The van der Waals surface area contributed by atoms with Crippen molar-refractivity contribution in [2.45, 2.75) is 38.3 Å². The Labute approximate surface area is 146 Å². The Morgan fingerprint density at radius 3 is 2.44 bits per heavy atom. The van der Waals surface area contributed by atoms with Crippen molar-refractivity contribution in [2.75, 3.05) is 12.4 Å². The fraction of sp³-hybridized carbons (Fsp3) is 0.400. The van der Waals surface area contributed by atoms with Crippen LogP contribution in [-0.4, -0.2) is 36.2 Å². The van der Waals surface area contributed by atoms with Crippen LogP contribution in [0, 0.1) is 0 Å². The topological polar surface area (TPSA) is 115 Å². The van der Waals surface area contributed by atoms with Gasteiger partial charge in [0.25, 0.3) is 0 Å². The molecule has 1 atom stereocenters. The molecular formula is C15H21N5O4S. The summed E-state index contributed by atoms with van der Waals surface area (Å²) in [6.45, 7) is 5.49. The Morgan fingerprint density at radius 2 is 1.92 bits per heavy atom. The number of nitrogens with zero attached hydrogens (tertiary/aromatic N) is 3. The Morgan fingerprint density at radius 1 is 1.28 bits per heavy atom. The highest BCUT2D eigenvalue weighted by Crippen LogP contribution is 2.20. The van der Waals surface area contributed by atoms with E-state index in [1.54, 1.807) is 11.5 Å². The van der Waals surface area contributed by atoms with Crippen molar-refractivity contribution in [3.8, 4) is 6.01 Å². The van der Waals surface area contributed by atoms with Crippen LogP contribution in [0.5, 0.6) is 6.01 Å². The number of sulfonamides is 1. The average molecular weight is 367 g/mol. The molecule has 2 rings (SSSR count). The molecule has 9 nitrogen and oxygen atoms in total. The summed E-state index contributed by atoms with van der Waals surface area (Å²) in [5.74, 6) is 0.230. The van der Waals surface area contributed by atoms with Crippen molar-refractivity contribution < 1.29 is 17.9 Å².